The first-order valence-corrected chi connectivity index (χ1v) is 7.86. The summed E-state index contributed by atoms with van der Waals surface area (Å²) < 4.78 is 5.60. The second-order valence-electron chi connectivity index (χ2n) is 5.37. The van der Waals surface area contributed by atoms with Gasteiger partial charge in [0, 0.05) is 5.56 Å². The van der Waals surface area contributed by atoms with E-state index in [1.807, 2.05) is 19.9 Å². The van der Waals surface area contributed by atoms with Gasteiger partial charge in [0.05, 0.1) is 27.1 Å². The fraction of sp³-hybridized carbons (Fsp3) is 0.176. The molecule has 6 heteroatoms. The summed E-state index contributed by atoms with van der Waals surface area (Å²) in [6.45, 7) is 3.78. The van der Waals surface area contributed by atoms with Gasteiger partial charge in [-0.15, -0.1) is 0 Å². The molecule has 0 aliphatic carbocycles. The quantitative estimate of drug-likeness (QED) is 0.747. The van der Waals surface area contributed by atoms with Crippen LogP contribution in [0.1, 0.15) is 13.8 Å². The molecule has 118 valence electrons. The van der Waals surface area contributed by atoms with Gasteiger partial charge in [0.1, 0.15) is 5.82 Å². The van der Waals surface area contributed by atoms with E-state index in [1.165, 1.54) is 0 Å². The summed E-state index contributed by atoms with van der Waals surface area (Å²) in [5, 5.41) is 1.28. The molecule has 0 atom stereocenters. The molecule has 1 aromatic heterocycles. The molecular weight excluding hydrogens is 335 g/mol. The fourth-order valence-electron chi connectivity index (χ4n) is 2.27. The lowest BCUT2D eigenvalue weighted by molar-refractivity contribution is 0.243. The minimum absolute atomic E-state index is 0.0468. The highest BCUT2D eigenvalue weighted by molar-refractivity contribution is 6.37. The number of rotatable bonds is 3. The number of aromatic amines is 1. The van der Waals surface area contributed by atoms with Crippen molar-refractivity contribution in [2.75, 3.05) is 0 Å². The van der Waals surface area contributed by atoms with Crippen LogP contribution in [-0.2, 0) is 0 Å². The predicted molar refractivity (Wildman–Crippen MR) is 93.6 cm³/mol. The van der Waals surface area contributed by atoms with Gasteiger partial charge in [0.25, 0.3) is 5.56 Å². The smallest absolute Gasteiger partial charge is 0.259 e. The number of fused-ring (bicyclic) bond motifs is 1. The van der Waals surface area contributed by atoms with Gasteiger partial charge < -0.3 is 9.72 Å². The van der Waals surface area contributed by atoms with Gasteiger partial charge in [0.15, 0.2) is 5.75 Å². The predicted octanol–water partition coefficient (Wildman–Crippen LogP) is 4.68. The van der Waals surface area contributed by atoms with Crippen molar-refractivity contribution in [3.05, 3.63) is 56.8 Å². The van der Waals surface area contributed by atoms with Crippen molar-refractivity contribution in [1.82, 2.24) is 9.97 Å². The molecule has 23 heavy (non-hydrogen) atoms. The first kappa shape index (κ1) is 15.8. The van der Waals surface area contributed by atoms with Crippen LogP contribution in [0, 0.1) is 0 Å². The van der Waals surface area contributed by atoms with Crippen molar-refractivity contribution >= 4 is 34.1 Å². The van der Waals surface area contributed by atoms with Crippen molar-refractivity contribution in [1.29, 1.82) is 0 Å². The van der Waals surface area contributed by atoms with Crippen LogP contribution >= 0.6 is 23.2 Å². The van der Waals surface area contributed by atoms with E-state index in [-0.39, 0.29) is 11.7 Å². The van der Waals surface area contributed by atoms with Crippen LogP contribution in [0.4, 0.5) is 0 Å². The normalized spacial score (nSPS) is 11.2. The van der Waals surface area contributed by atoms with Crippen LogP contribution in [0.3, 0.4) is 0 Å². The van der Waals surface area contributed by atoms with Gasteiger partial charge >= 0.3 is 0 Å². The minimum Gasteiger partial charge on any atom is -0.488 e. The number of ether oxygens (including phenoxy) is 1. The third-order valence-corrected chi connectivity index (χ3v) is 3.80. The number of hydrogen-bond donors (Lipinski definition) is 1. The Hall–Kier alpha value is -2.04. The maximum atomic E-state index is 12.2. The van der Waals surface area contributed by atoms with E-state index in [4.69, 9.17) is 27.9 Å². The van der Waals surface area contributed by atoms with Gasteiger partial charge in [-0.1, -0.05) is 35.3 Å². The third kappa shape index (κ3) is 3.19. The number of para-hydroxylation sites is 1. The van der Waals surface area contributed by atoms with Crippen molar-refractivity contribution in [3.8, 4) is 17.1 Å². The number of aromatic nitrogens is 2. The second kappa shape index (κ2) is 6.22. The fourth-order valence-corrected chi connectivity index (χ4v) is 2.84. The molecule has 1 N–H and O–H groups in total. The Labute approximate surface area is 143 Å². The maximum absolute atomic E-state index is 12.2. The number of nitrogens with zero attached hydrogens (tertiary/aromatic N) is 1. The van der Waals surface area contributed by atoms with Gasteiger partial charge in [-0.2, -0.15) is 0 Å². The summed E-state index contributed by atoms with van der Waals surface area (Å²) in [6.07, 6.45) is -0.0468. The zero-order chi connectivity index (χ0) is 16.6. The van der Waals surface area contributed by atoms with E-state index in [0.29, 0.717) is 38.1 Å². The van der Waals surface area contributed by atoms with Crippen molar-refractivity contribution in [2.24, 2.45) is 0 Å². The van der Waals surface area contributed by atoms with Crippen molar-refractivity contribution < 1.29 is 4.74 Å². The van der Waals surface area contributed by atoms with E-state index < -0.39 is 0 Å². The van der Waals surface area contributed by atoms with Crippen LogP contribution in [0.15, 0.2) is 41.2 Å². The molecule has 2 aromatic carbocycles. The molecule has 0 amide bonds. The standard InChI is InChI=1S/C17H14Cl2N2O2/c1-9(2)23-15-12(18)7-10(8-13(15)19)16-20-14-6-4-3-5-11(14)17(22)21-16/h3-9H,1-2H3,(H,20,21,22). The molecule has 4 nitrogen and oxygen atoms in total. The largest absolute Gasteiger partial charge is 0.488 e. The van der Waals surface area contributed by atoms with E-state index in [0.717, 1.165) is 0 Å². The summed E-state index contributed by atoms with van der Waals surface area (Å²) >= 11 is 12.5. The summed E-state index contributed by atoms with van der Waals surface area (Å²) in [4.78, 5) is 19.4. The molecule has 0 unspecified atom stereocenters. The molecule has 0 bridgehead atoms. The Kier molecular flexibility index (Phi) is 4.28. The number of H-pyrrole nitrogens is 1. The third-order valence-electron chi connectivity index (χ3n) is 3.24. The molecule has 0 spiro atoms. The highest BCUT2D eigenvalue weighted by Gasteiger charge is 2.14. The molecule has 0 saturated carbocycles. The number of hydrogen-bond acceptors (Lipinski definition) is 3. The average molecular weight is 349 g/mol. The van der Waals surface area contributed by atoms with Crippen molar-refractivity contribution in [2.45, 2.75) is 20.0 Å². The van der Waals surface area contributed by atoms with Crippen LogP contribution in [0.25, 0.3) is 22.3 Å². The first-order valence-electron chi connectivity index (χ1n) is 7.11. The van der Waals surface area contributed by atoms with E-state index in [9.17, 15) is 4.79 Å². The molecule has 0 radical (unpaired) electrons. The zero-order valence-corrected chi connectivity index (χ0v) is 14.1. The van der Waals surface area contributed by atoms with Gasteiger partial charge in [-0.25, -0.2) is 4.98 Å². The summed E-state index contributed by atoms with van der Waals surface area (Å²) in [5.74, 6) is 0.837. The molecule has 3 aromatic rings. The maximum Gasteiger partial charge on any atom is 0.259 e. The zero-order valence-electron chi connectivity index (χ0n) is 12.6. The van der Waals surface area contributed by atoms with Crippen LogP contribution < -0.4 is 10.3 Å². The molecule has 3 rings (SSSR count). The lowest BCUT2D eigenvalue weighted by atomic mass is 10.2. The number of benzene rings is 2. The van der Waals surface area contributed by atoms with Crippen LogP contribution in [0.2, 0.25) is 10.0 Å². The molecule has 1 heterocycles. The summed E-state index contributed by atoms with van der Waals surface area (Å²) in [5.41, 5.74) is 1.03. The number of halogens is 2. The Morgan fingerprint density at radius 1 is 1.13 bits per heavy atom. The van der Waals surface area contributed by atoms with Crippen LogP contribution in [-0.4, -0.2) is 16.1 Å². The first-order chi connectivity index (χ1) is 11.0. The Morgan fingerprint density at radius 2 is 1.78 bits per heavy atom. The Morgan fingerprint density at radius 3 is 2.43 bits per heavy atom. The Bertz CT molecular complexity index is 912. The summed E-state index contributed by atoms with van der Waals surface area (Å²) in [6, 6.07) is 10.5. The number of nitrogens with one attached hydrogen (secondary N) is 1. The minimum atomic E-state index is -0.208. The van der Waals surface area contributed by atoms with E-state index in [1.54, 1.807) is 30.3 Å². The SMILES string of the molecule is CC(C)Oc1c(Cl)cc(-c2nc3ccccc3c(=O)[nH]2)cc1Cl. The van der Waals surface area contributed by atoms with Gasteiger partial charge in [-0.05, 0) is 38.1 Å². The van der Waals surface area contributed by atoms with Gasteiger partial charge in [-0.3, -0.25) is 4.79 Å². The molecule has 0 aliphatic heterocycles. The van der Waals surface area contributed by atoms with E-state index >= 15 is 0 Å². The molecule has 0 aliphatic rings. The highest BCUT2D eigenvalue weighted by atomic mass is 35.5. The molecular formula is C17H14Cl2N2O2. The van der Waals surface area contributed by atoms with Crippen LogP contribution in [0.5, 0.6) is 5.75 Å². The summed E-state index contributed by atoms with van der Waals surface area (Å²) in [7, 11) is 0. The monoisotopic (exact) mass is 348 g/mol. The highest BCUT2D eigenvalue weighted by Crippen LogP contribution is 2.37. The molecule has 0 saturated heterocycles. The van der Waals surface area contributed by atoms with Crippen molar-refractivity contribution in [3.63, 3.8) is 0 Å². The topological polar surface area (TPSA) is 55.0 Å². The Balaban J connectivity index is 2.14. The van der Waals surface area contributed by atoms with E-state index in [2.05, 4.69) is 9.97 Å². The lowest BCUT2D eigenvalue weighted by Crippen LogP contribution is -2.10. The molecule has 0 fully saturated rings. The lowest BCUT2D eigenvalue weighted by Gasteiger charge is -2.14. The second-order valence-corrected chi connectivity index (χ2v) is 6.18. The van der Waals surface area contributed by atoms with Gasteiger partial charge in [0.2, 0.25) is 0 Å². The average Bonchev–Trinajstić information content (AvgIpc) is 2.50.